The van der Waals surface area contributed by atoms with Crippen LogP contribution in [-0.2, 0) is 9.53 Å². The highest BCUT2D eigenvalue weighted by Crippen LogP contribution is 2.27. The third-order valence-corrected chi connectivity index (χ3v) is 3.75. The van der Waals surface area contributed by atoms with Gasteiger partial charge in [-0.2, -0.15) is 0 Å². The zero-order valence-corrected chi connectivity index (χ0v) is 12.8. The van der Waals surface area contributed by atoms with Crippen molar-refractivity contribution in [3.8, 4) is 0 Å². The van der Waals surface area contributed by atoms with Crippen LogP contribution in [0.4, 0.5) is 0 Å². The number of ether oxygens (including phenoxy) is 1. The van der Waals surface area contributed by atoms with Crippen LogP contribution in [0.3, 0.4) is 0 Å². The molecule has 1 heterocycles. The van der Waals surface area contributed by atoms with Gasteiger partial charge in [-0.1, -0.05) is 30.3 Å². The largest absolute Gasteiger partial charge is 0.366 e. The molecule has 0 aromatic heterocycles. The zero-order valence-electron chi connectivity index (χ0n) is 12.8. The fourth-order valence-electron chi connectivity index (χ4n) is 2.56. The van der Waals surface area contributed by atoms with Gasteiger partial charge in [-0.25, -0.2) is 0 Å². The van der Waals surface area contributed by atoms with Crippen molar-refractivity contribution in [2.24, 2.45) is 0 Å². The molecule has 20 heavy (non-hydrogen) atoms. The molecule has 0 atom stereocenters. The summed E-state index contributed by atoms with van der Waals surface area (Å²) in [5.74, 6) is 0.704. The van der Waals surface area contributed by atoms with E-state index in [1.54, 1.807) is 0 Å². The molecule has 1 amide bonds. The predicted octanol–water partition coefficient (Wildman–Crippen LogP) is 3.21. The van der Waals surface area contributed by atoms with Gasteiger partial charge in [0.15, 0.2) is 0 Å². The molecule has 1 aromatic rings. The summed E-state index contributed by atoms with van der Waals surface area (Å²) in [6.45, 7) is 7.79. The molecule has 1 fully saturated rings. The van der Waals surface area contributed by atoms with E-state index < -0.39 is 0 Å². The fraction of sp³-hybridized carbons (Fsp3) is 0.588. The Kier molecular flexibility index (Phi) is 4.81. The molecule has 0 unspecified atom stereocenters. The minimum absolute atomic E-state index is 0.117. The highest BCUT2D eigenvalue weighted by atomic mass is 16.5. The Morgan fingerprint density at radius 1 is 1.20 bits per heavy atom. The first-order valence-electron chi connectivity index (χ1n) is 7.42. The molecule has 2 rings (SSSR count). The Labute approximate surface area is 121 Å². The van der Waals surface area contributed by atoms with E-state index in [-0.39, 0.29) is 18.1 Å². The lowest BCUT2D eigenvalue weighted by atomic mass is 9.89. The van der Waals surface area contributed by atoms with Crippen molar-refractivity contribution in [2.45, 2.75) is 45.1 Å². The van der Waals surface area contributed by atoms with Crippen LogP contribution in [0.2, 0.25) is 0 Å². The number of likely N-dealkylation sites (tertiary alicyclic amines) is 1. The van der Waals surface area contributed by atoms with Crippen LogP contribution in [-0.4, -0.2) is 36.1 Å². The van der Waals surface area contributed by atoms with Gasteiger partial charge in [-0.05, 0) is 45.1 Å². The van der Waals surface area contributed by atoms with Gasteiger partial charge in [0.05, 0.1) is 5.60 Å². The minimum atomic E-state index is -0.252. The summed E-state index contributed by atoms with van der Waals surface area (Å²) in [5, 5.41) is 0. The molecule has 0 aliphatic carbocycles. The maximum atomic E-state index is 12.1. The van der Waals surface area contributed by atoms with Gasteiger partial charge in [0, 0.05) is 13.1 Å². The summed E-state index contributed by atoms with van der Waals surface area (Å²) in [4.78, 5) is 14.0. The van der Waals surface area contributed by atoms with Crippen LogP contribution in [0.1, 0.15) is 45.1 Å². The molecule has 110 valence electrons. The molecule has 3 heteroatoms. The first-order chi connectivity index (χ1) is 9.46. The molecule has 1 saturated heterocycles. The van der Waals surface area contributed by atoms with Gasteiger partial charge >= 0.3 is 0 Å². The summed E-state index contributed by atoms with van der Waals surface area (Å²) < 4.78 is 5.56. The second-order valence-electron chi connectivity index (χ2n) is 6.47. The summed E-state index contributed by atoms with van der Waals surface area (Å²) in [5.41, 5.74) is 1.14. The maximum absolute atomic E-state index is 12.1. The Morgan fingerprint density at radius 2 is 1.80 bits per heavy atom. The Bertz CT molecular complexity index is 428. The fourth-order valence-corrected chi connectivity index (χ4v) is 2.56. The van der Waals surface area contributed by atoms with E-state index in [1.807, 2.05) is 31.7 Å². The van der Waals surface area contributed by atoms with Gasteiger partial charge in [-0.3, -0.25) is 4.79 Å². The number of piperidine rings is 1. The Hall–Kier alpha value is -1.35. The van der Waals surface area contributed by atoms with E-state index >= 15 is 0 Å². The summed E-state index contributed by atoms with van der Waals surface area (Å²) in [6.07, 6.45) is 2.09. The molecule has 0 radical (unpaired) electrons. The van der Waals surface area contributed by atoms with Crippen molar-refractivity contribution in [2.75, 3.05) is 19.7 Å². The molecule has 0 spiro atoms. The van der Waals surface area contributed by atoms with E-state index in [1.165, 1.54) is 5.56 Å². The Morgan fingerprint density at radius 3 is 2.35 bits per heavy atom. The first-order valence-corrected chi connectivity index (χ1v) is 7.42. The SMILES string of the molecule is CC(C)(C)OCC(=O)N1CCC(c2ccccc2)CC1. The molecular weight excluding hydrogens is 250 g/mol. The van der Waals surface area contributed by atoms with Crippen LogP contribution < -0.4 is 0 Å². The lowest BCUT2D eigenvalue weighted by molar-refractivity contribution is -0.142. The van der Waals surface area contributed by atoms with Crippen molar-refractivity contribution >= 4 is 5.91 Å². The van der Waals surface area contributed by atoms with Gasteiger partial charge in [0.1, 0.15) is 6.61 Å². The van der Waals surface area contributed by atoms with Crippen LogP contribution >= 0.6 is 0 Å². The molecular formula is C17H25NO2. The van der Waals surface area contributed by atoms with Gasteiger partial charge in [0.2, 0.25) is 5.91 Å². The number of benzene rings is 1. The Balaban J connectivity index is 1.81. The number of hydrogen-bond acceptors (Lipinski definition) is 2. The molecule has 0 saturated carbocycles. The zero-order chi connectivity index (χ0) is 14.6. The monoisotopic (exact) mass is 275 g/mol. The number of carbonyl (C=O) groups excluding carboxylic acids is 1. The van der Waals surface area contributed by atoms with Crippen LogP contribution in [0.25, 0.3) is 0 Å². The second-order valence-corrected chi connectivity index (χ2v) is 6.47. The van der Waals surface area contributed by atoms with Gasteiger partial charge in [0.25, 0.3) is 0 Å². The maximum Gasteiger partial charge on any atom is 0.248 e. The average Bonchev–Trinajstić information content (AvgIpc) is 2.45. The molecule has 0 bridgehead atoms. The number of carbonyl (C=O) groups is 1. The summed E-state index contributed by atoms with van der Waals surface area (Å²) in [7, 11) is 0. The predicted molar refractivity (Wildman–Crippen MR) is 80.7 cm³/mol. The molecule has 3 nitrogen and oxygen atoms in total. The molecule has 1 aliphatic rings. The third-order valence-electron chi connectivity index (χ3n) is 3.75. The van der Waals surface area contributed by atoms with Gasteiger partial charge < -0.3 is 9.64 Å². The number of rotatable bonds is 3. The second kappa shape index (κ2) is 6.40. The molecule has 0 N–H and O–H groups in total. The normalized spacial score (nSPS) is 17.2. The summed E-state index contributed by atoms with van der Waals surface area (Å²) >= 11 is 0. The summed E-state index contributed by atoms with van der Waals surface area (Å²) in [6, 6.07) is 10.6. The van der Waals surface area contributed by atoms with E-state index in [2.05, 4.69) is 24.3 Å². The average molecular weight is 275 g/mol. The molecule has 1 aromatic carbocycles. The van der Waals surface area contributed by atoms with Crippen LogP contribution in [0, 0.1) is 0 Å². The number of hydrogen-bond donors (Lipinski definition) is 0. The number of amides is 1. The van der Waals surface area contributed by atoms with Crippen molar-refractivity contribution in [1.29, 1.82) is 0 Å². The van der Waals surface area contributed by atoms with Crippen LogP contribution in [0.15, 0.2) is 30.3 Å². The van der Waals surface area contributed by atoms with E-state index in [9.17, 15) is 4.79 Å². The van der Waals surface area contributed by atoms with E-state index in [0.717, 1.165) is 25.9 Å². The highest BCUT2D eigenvalue weighted by molar-refractivity contribution is 5.77. The smallest absolute Gasteiger partial charge is 0.248 e. The van der Waals surface area contributed by atoms with Gasteiger partial charge in [-0.15, -0.1) is 0 Å². The van der Waals surface area contributed by atoms with Crippen molar-refractivity contribution in [1.82, 2.24) is 4.90 Å². The quantitative estimate of drug-likeness (QED) is 0.847. The van der Waals surface area contributed by atoms with Crippen LogP contribution in [0.5, 0.6) is 0 Å². The molecule has 1 aliphatic heterocycles. The first kappa shape index (κ1) is 15.0. The van der Waals surface area contributed by atoms with Crippen molar-refractivity contribution < 1.29 is 9.53 Å². The topological polar surface area (TPSA) is 29.5 Å². The van der Waals surface area contributed by atoms with Crippen molar-refractivity contribution in [3.05, 3.63) is 35.9 Å². The third kappa shape index (κ3) is 4.34. The minimum Gasteiger partial charge on any atom is -0.366 e. The van der Waals surface area contributed by atoms with E-state index in [0.29, 0.717) is 5.92 Å². The highest BCUT2D eigenvalue weighted by Gasteiger charge is 2.24. The lowest BCUT2D eigenvalue weighted by Crippen LogP contribution is -2.41. The standard InChI is InChI=1S/C17H25NO2/c1-17(2,3)20-13-16(19)18-11-9-15(10-12-18)14-7-5-4-6-8-14/h4-8,15H,9-13H2,1-3H3. The van der Waals surface area contributed by atoms with Crippen molar-refractivity contribution in [3.63, 3.8) is 0 Å². The van der Waals surface area contributed by atoms with E-state index in [4.69, 9.17) is 4.74 Å². The lowest BCUT2D eigenvalue weighted by Gasteiger charge is -2.33. The number of nitrogens with zero attached hydrogens (tertiary/aromatic N) is 1.